The summed E-state index contributed by atoms with van der Waals surface area (Å²) in [5, 5.41) is 16.6. The van der Waals surface area contributed by atoms with Gasteiger partial charge in [0.1, 0.15) is 5.82 Å². The van der Waals surface area contributed by atoms with Crippen LogP contribution in [0.3, 0.4) is 0 Å². The van der Waals surface area contributed by atoms with Gasteiger partial charge in [-0.15, -0.1) is 12.4 Å². The number of piperidine rings is 1. The van der Waals surface area contributed by atoms with Gasteiger partial charge < -0.3 is 10.6 Å². The lowest BCUT2D eigenvalue weighted by Crippen LogP contribution is -2.52. The van der Waals surface area contributed by atoms with Crippen molar-refractivity contribution in [3.8, 4) is 0 Å². The van der Waals surface area contributed by atoms with Gasteiger partial charge in [0.05, 0.1) is 16.6 Å². The molecule has 2 rings (SSSR count). The zero-order valence-corrected chi connectivity index (χ0v) is 13.9. The van der Waals surface area contributed by atoms with Crippen LogP contribution in [0.1, 0.15) is 37.0 Å². The van der Waals surface area contributed by atoms with Crippen LogP contribution in [0.25, 0.3) is 0 Å². The van der Waals surface area contributed by atoms with E-state index in [4.69, 9.17) is 0 Å². The summed E-state index contributed by atoms with van der Waals surface area (Å²) in [6.07, 6.45) is 2.15. The number of non-ortho nitro benzene ring substituents is 1. The van der Waals surface area contributed by atoms with E-state index in [0.717, 1.165) is 37.6 Å². The van der Waals surface area contributed by atoms with Crippen LogP contribution in [0.4, 0.5) is 10.1 Å². The number of nitro groups is 1. The normalized spacial score (nSPS) is 19.5. The number of amides is 1. The summed E-state index contributed by atoms with van der Waals surface area (Å²) >= 11 is 0. The molecule has 0 radical (unpaired) electrons. The maximum absolute atomic E-state index is 13.8. The van der Waals surface area contributed by atoms with E-state index in [1.165, 1.54) is 0 Å². The second kappa shape index (κ2) is 7.70. The van der Waals surface area contributed by atoms with E-state index < -0.39 is 16.6 Å². The predicted octanol–water partition coefficient (Wildman–Crippen LogP) is 2.66. The molecule has 1 aromatic carbocycles. The topological polar surface area (TPSA) is 84.3 Å². The molecule has 0 spiro atoms. The molecule has 0 aromatic heterocycles. The number of nitro benzene ring substituents is 1. The van der Waals surface area contributed by atoms with Gasteiger partial charge in [-0.25, -0.2) is 4.39 Å². The van der Waals surface area contributed by atoms with Crippen molar-refractivity contribution in [2.24, 2.45) is 5.41 Å². The molecule has 2 N–H and O–H groups in total. The number of carbonyl (C=O) groups excluding carboxylic acids is 1. The number of halogens is 2. The molecule has 1 aliphatic heterocycles. The molecule has 1 saturated heterocycles. The number of benzene rings is 1. The molecule has 1 aromatic rings. The van der Waals surface area contributed by atoms with Crippen molar-refractivity contribution in [3.63, 3.8) is 0 Å². The van der Waals surface area contributed by atoms with E-state index >= 15 is 0 Å². The first-order chi connectivity index (χ1) is 10.3. The molecule has 8 heteroatoms. The summed E-state index contributed by atoms with van der Waals surface area (Å²) < 4.78 is 13.8. The molecular weight excluding hydrogens is 325 g/mol. The molecular formula is C15H21ClFN3O3. The standard InChI is InChI=1S/C15H20FN3O3.ClH/c1-15(2)6-3-7-17-13(15)9-18-14(20)11-5-4-10(19(21)22)8-12(11)16;/h4-5,8,13,17H,3,6-7,9H2,1-2H3,(H,18,20);1H. The predicted molar refractivity (Wildman–Crippen MR) is 87.4 cm³/mol. The lowest BCUT2D eigenvalue weighted by molar-refractivity contribution is -0.385. The van der Waals surface area contributed by atoms with Gasteiger partial charge >= 0.3 is 0 Å². The van der Waals surface area contributed by atoms with E-state index in [0.29, 0.717) is 6.54 Å². The van der Waals surface area contributed by atoms with Gasteiger partial charge in [0.25, 0.3) is 11.6 Å². The monoisotopic (exact) mass is 345 g/mol. The third-order valence-corrected chi connectivity index (χ3v) is 4.21. The maximum Gasteiger partial charge on any atom is 0.272 e. The Morgan fingerprint density at radius 1 is 1.52 bits per heavy atom. The van der Waals surface area contributed by atoms with E-state index in [-0.39, 0.29) is 35.1 Å². The zero-order valence-electron chi connectivity index (χ0n) is 13.1. The average Bonchev–Trinajstić information content (AvgIpc) is 2.45. The van der Waals surface area contributed by atoms with E-state index in [9.17, 15) is 19.3 Å². The number of rotatable bonds is 4. The van der Waals surface area contributed by atoms with E-state index in [2.05, 4.69) is 24.5 Å². The Labute approximate surface area is 140 Å². The summed E-state index contributed by atoms with van der Waals surface area (Å²) in [4.78, 5) is 21.9. The largest absolute Gasteiger partial charge is 0.350 e. The summed E-state index contributed by atoms with van der Waals surface area (Å²) in [5.41, 5.74) is -0.497. The highest BCUT2D eigenvalue weighted by molar-refractivity contribution is 5.94. The van der Waals surface area contributed by atoms with Gasteiger partial charge in [-0.2, -0.15) is 0 Å². The second-order valence-electron chi connectivity index (χ2n) is 6.23. The van der Waals surface area contributed by atoms with Crippen LogP contribution >= 0.6 is 12.4 Å². The molecule has 1 amide bonds. The third kappa shape index (κ3) is 4.62. The van der Waals surface area contributed by atoms with Crippen LogP contribution in [-0.2, 0) is 0 Å². The van der Waals surface area contributed by atoms with Gasteiger partial charge in [0, 0.05) is 18.7 Å². The van der Waals surface area contributed by atoms with Gasteiger partial charge in [-0.1, -0.05) is 13.8 Å². The molecule has 6 nitrogen and oxygen atoms in total. The van der Waals surface area contributed by atoms with Gasteiger partial charge in [-0.05, 0) is 30.9 Å². The minimum absolute atomic E-state index is 0. The van der Waals surface area contributed by atoms with Crippen molar-refractivity contribution >= 4 is 24.0 Å². The summed E-state index contributed by atoms with van der Waals surface area (Å²) in [7, 11) is 0. The van der Waals surface area contributed by atoms with Crippen LogP contribution < -0.4 is 10.6 Å². The zero-order chi connectivity index (χ0) is 16.3. The molecule has 128 valence electrons. The highest BCUT2D eigenvalue weighted by atomic mass is 35.5. The Hall–Kier alpha value is -1.73. The fraction of sp³-hybridized carbons (Fsp3) is 0.533. The molecule has 1 fully saturated rings. The first-order valence-electron chi connectivity index (χ1n) is 7.27. The molecule has 0 bridgehead atoms. The van der Waals surface area contributed by atoms with Crippen molar-refractivity contribution < 1.29 is 14.1 Å². The highest BCUT2D eigenvalue weighted by Crippen LogP contribution is 2.29. The van der Waals surface area contributed by atoms with Gasteiger partial charge in [0.15, 0.2) is 0 Å². The Morgan fingerprint density at radius 2 is 2.22 bits per heavy atom. The summed E-state index contributed by atoms with van der Waals surface area (Å²) in [5.74, 6) is -1.45. The Kier molecular flexibility index (Phi) is 6.47. The number of hydrogen-bond acceptors (Lipinski definition) is 4. The van der Waals surface area contributed by atoms with Crippen LogP contribution in [0.15, 0.2) is 18.2 Å². The Balaban J connectivity index is 0.00000264. The fourth-order valence-corrected chi connectivity index (χ4v) is 2.71. The number of nitrogens with zero attached hydrogens (tertiary/aromatic N) is 1. The Bertz CT molecular complexity index is 595. The third-order valence-electron chi connectivity index (χ3n) is 4.21. The number of nitrogens with one attached hydrogen (secondary N) is 2. The molecule has 1 unspecified atom stereocenters. The van der Waals surface area contributed by atoms with Gasteiger partial charge in [0.2, 0.25) is 0 Å². The molecule has 1 heterocycles. The summed E-state index contributed by atoms with van der Waals surface area (Å²) in [6, 6.07) is 3.15. The van der Waals surface area contributed by atoms with Crippen LogP contribution in [0.5, 0.6) is 0 Å². The second-order valence-corrected chi connectivity index (χ2v) is 6.23. The fourth-order valence-electron chi connectivity index (χ4n) is 2.71. The van der Waals surface area contributed by atoms with Crippen LogP contribution in [-0.4, -0.2) is 30.0 Å². The van der Waals surface area contributed by atoms with Crippen LogP contribution in [0, 0.1) is 21.3 Å². The lowest BCUT2D eigenvalue weighted by atomic mass is 9.77. The first kappa shape index (κ1) is 19.3. The van der Waals surface area contributed by atoms with E-state index in [1.807, 2.05) is 0 Å². The number of carbonyl (C=O) groups is 1. The minimum atomic E-state index is -0.887. The Morgan fingerprint density at radius 3 is 2.78 bits per heavy atom. The molecule has 1 atom stereocenters. The quantitative estimate of drug-likeness (QED) is 0.649. The molecule has 0 aliphatic carbocycles. The summed E-state index contributed by atoms with van der Waals surface area (Å²) in [6.45, 7) is 5.54. The van der Waals surface area contributed by atoms with Crippen molar-refractivity contribution in [1.29, 1.82) is 0 Å². The molecule has 0 saturated carbocycles. The SMILES string of the molecule is CC1(C)CCCNC1CNC(=O)c1ccc([N+](=O)[O-])cc1F.Cl. The smallest absolute Gasteiger partial charge is 0.272 e. The van der Waals surface area contributed by atoms with Crippen LogP contribution in [0.2, 0.25) is 0 Å². The molecule has 1 aliphatic rings. The number of hydrogen-bond donors (Lipinski definition) is 2. The van der Waals surface area contributed by atoms with E-state index in [1.54, 1.807) is 0 Å². The molecule has 23 heavy (non-hydrogen) atoms. The average molecular weight is 346 g/mol. The van der Waals surface area contributed by atoms with Crippen molar-refractivity contribution in [2.45, 2.75) is 32.7 Å². The van der Waals surface area contributed by atoms with Crippen molar-refractivity contribution in [2.75, 3.05) is 13.1 Å². The highest BCUT2D eigenvalue weighted by Gasteiger charge is 2.32. The van der Waals surface area contributed by atoms with Crippen molar-refractivity contribution in [3.05, 3.63) is 39.7 Å². The first-order valence-corrected chi connectivity index (χ1v) is 7.27. The lowest BCUT2D eigenvalue weighted by Gasteiger charge is -2.39. The van der Waals surface area contributed by atoms with Gasteiger partial charge in [-0.3, -0.25) is 14.9 Å². The van der Waals surface area contributed by atoms with Crippen molar-refractivity contribution in [1.82, 2.24) is 10.6 Å². The maximum atomic E-state index is 13.8. The minimum Gasteiger partial charge on any atom is -0.350 e.